The number of aromatic nitrogens is 3. The molecule has 2 aliphatic rings. The van der Waals surface area contributed by atoms with E-state index in [1.54, 1.807) is 13.4 Å². The van der Waals surface area contributed by atoms with Crippen LogP contribution in [-0.4, -0.2) is 34.7 Å². The number of methoxy groups -OCH3 is 1. The highest BCUT2D eigenvalue weighted by atomic mass is 16.5. The third-order valence-electron chi connectivity index (χ3n) is 7.05. The molecule has 0 radical (unpaired) electrons. The number of benzene rings is 1. The number of fused-ring (bicyclic) bond motifs is 1. The third kappa shape index (κ3) is 3.06. The maximum absolute atomic E-state index is 6.36. The SMILES string of the molecule is COc1ccc(-c2c(C3=CCC4(CCNCC4)CC3)n(C)c3ncnc(N)c23)cc1. The maximum atomic E-state index is 6.36. The summed E-state index contributed by atoms with van der Waals surface area (Å²) in [7, 11) is 3.78. The predicted molar refractivity (Wildman–Crippen MR) is 121 cm³/mol. The monoisotopic (exact) mass is 403 g/mol. The standard InChI is InChI=1S/C24H29N5O/c1-29-21(17-7-9-24(10-8-17)11-13-26-14-12-24)19(16-3-5-18(30-2)6-4-16)20-22(25)27-15-28-23(20)29/h3-7,15,26H,8-14H2,1-2H3,(H2,25,27,28). The van der Waals surface area contributed by atoms with Gasteiger partial charge in [0.1, 0.15) is 23.5 Å². The number of allylic oxidation sites excluding steroid dienone is 2. The predicted octanol–water partition coefficient (Wildman–Crippen LogP) is 4.16. The highest BCUT2D eigenvalue weighted by molar-refractivity contribution is 6.05. The number of hydrogen-bond donors (Lipinski definition) is 2. The van der Waals surface area contributed by atoms with Crippen LogP contribution in [0.3, 0.4) is 0 Å². The highest BCUT2D eigenvalue weighted by Crippen LogP contribution is 2.48. The summed E-state index contributed by atoms with van der Waals surface area (Å²) in [6, 6.07) is 8.19. The number of aryl methyl sites for hydroxylation is 1. The van der Waals surface area contributed by atoms with Gasteiger partial charge in [-0.3, -0.25) is 0 Å². The molecular formula is C24H29N5O. The summed E-state index contributed by atoms with van der Waals surface area (Å²) in [5.41, 5.74) is 12.6. The van der Waals surface area contributed by atoms with Gasteiger partial charge in [-0.1, -0.05) is 18.2 Å². The second-order valence-electron chi connectivity index (χ2n) is 8.65. The first-order valence-electron chi connectivity index (χ1n) is 10.8. The van der Waals surface area contributed by atoms with Gasteiger partial charge < -0.3 is 20.4 Å². The number of piperidine rings is 1. The third-order valence-corrected chi connectivity index (χ3v) is 7.05. The van der Waals surface area contributed by atoms with Crippen LogP contribution >= 0.6 is 0 Å². The van der Waals surface area contributed by atoms with E-state index in [1.807, 2.05) is 12.1 Å². The van der Waals surface area contributed by atoms with Crippen molar-refractivity contribution in [1.29, 1.82) is 0 Å². The molecule has 2 aromatic heterocycles. The second kappa shape index (κ2) is 7.43. The minimum atomic E-state index is 0.471. The summed E-state index contributed by atoms with van der Waals surface area (Å²) >= 11 is 0. The maximum Gasteiger partial charge on any atom is 0.146 e. The first-order valence-corrected chi connectivity index (χ1v) is 10.8. The topological polar surface area (TPSA) is 78.0 Å². The Morgan fingerprint density at radius 2 is 1.87 bits per heavy atom. The molecule has 3 aromatic rings. The molecule has 3 heterocycles. The lowest BCUT2D eigenvalue weighted by Gasteiger charge is -2.40. The van der Waals surface area contributed by atoms with Crippen molar-refractivity contribution in [3.05, 3.63) is 42.4 Å². The molecule has 1 spiro atoms. The van der Waals surface area contributed by atoms with Gasteiger partial charge in [-0.05, 0) is 73.9 Å². The smallest absolute Gasteiger partial charge is 0.146 e. The molecule has 1 aliphatic heterocycles. The van der Waals surface area contributed by atoms with Gasteiger partial charge in [0.15, 0.2) is 0 Å². The zero-order valence-electron chi connectivity index (χ0n) is 17.7. The number of hydrogen-bond acceptors (Lipinski definition) is 5. The molecule has 1 fully saturated rings. The van der Waals surface area contributed by atoms with Crippen molar-refractivity contribution in [2.45, 2.75) is 32.1 Å². The molecule has 1 aromatic carbocycles. The summed E-state index contributed by atoms with van der Waals surface area (Å²) < 4.78 is 7.55. The average molecular weight is 404 g/mol. The average Bonchev–Trinajstić information content (AvgIpc) is 3.09. The van der Waals surface area contributed by atoms with E-state index in [0.717, 1.165) is 53.8 Å². The van der Waals surface area contributed by atoms with Crippen LogP contribution < -0.4 is 15.8 Å². The number of rotatable bonds is 3. The van der Waals surface area contributed by atoms with Crippen molar-refractivity contribution in [3.63, 3.8) is 0 Å². The molecule has 1 saturated heterocycles. The molecule has 1 aliphatic carbocycles. The molecule has 0 amide bonds. The van der Waals surface area contributed by atoms with Crippen LogP contribution in [0.15, 0.2) is 36.7 Å². The van der Waals surface area contributed by atoms with Crippen molar-refractivity contribution in [1.82, 2.24) is 19.9 Å². The van der Waals surface area contributed by atoms with Gasteiger partial charge in [0.05, 0.1) is 18.2 Å². The molecule has 0 saturated carbocycles. The molecule has 30 heavy (non-hydrogen) atoms. The summed E-state index contributed by atoms with van der Waals surface area (Å²) in [5.74, 6) is 1.37. The molecule has 6 nitrogen and oxygen atoms in total. The second-order valence-corrected chi connectivity index (χ2v) is 8.65. The van der Waals surface area contributed by atoms with Gasteiger partial charge in [-0.2, -0.15) is 0 Å². The molecular weight excluding hydrogens is 374 g/mol. The van der Waals surface area contributed by atoms with E-state index >= 15 is 0 Å². The Hall–Kier alpha value is -2.86. The summed E-state index contributed by atoms with van der Waals surface area (Å²) in [5, 5.41) is 4.44. The lowest BCUT2D eigenvalue weighted by molar-refractivity contribution is 0.184. The van der Waals surface area contributed by atoms with E-state index in [2.05, 4.69) is 45.1 Å². The van der Waals surface area contributed by atoms with E-state index in [-0.39, 0.29) is 0 Å². The van der Waals surface area contributed by atoms with Gasteiger partial charge in [-0.25, -0.2) is 9.97 Å². The van der Waals surface area contributed by atoms with Crippen molar-refractivity contribution in [3.8, 4) is 16.9 Å². The Labute approximate surface area is 177 Å². The van der Waals surface area contributed by atoms with Crippen LogP contribution in [0.1, 0.15) is 37.8 Å². The van der Waals surface area contributed by atoms with E-state index < -0.39 is 0 Å². The number of ether oxygens (including phenoxy) is 1. The van der Waals surface area contributed by atoms with Gasteiger partial charge in [0.2, 0.25) is 0 Å². The first-order chi connectivity index (χ1) is 14.6. The largest absolute Gasteiger partial charge is 0.497 e. The summed E-state index contributed by atoms with van der Waals surface area (Å²) in [4.78, 5) is 8.87. The van der Waals surface area contributed by atoms with E-state index in [4.69, 9.17) is 10.5 Å². The van der Waals surface area contributed by atoms with E-state index in [0.29, 0.717) is 11.2 Å². The minimum absolute atomic E-state index is 0.471. The molecule has 0 bridgehead atoms. The number of anilines is 1. The van der Waals surface area contributed by atoms with Crippen molar-refractivity contribution in [2.75, 3.05) is 25.9 Å². The number of nitrogens with two attached hydrogens (primary N) is 1. The molecule has 156 valence electrons. The number of nitrogens with one attached hydrogen (secondary N) is 1. The Morgan fingerprint density at radius 1 is 1.10 bits per heavy atom. The fraction of sp³-hybridized carbons (Fsp3) is 0.417. The quantitative estimate of drug-likeness (QED) is 0.686. The summed E-state index contributed by atoms with van der Waals surface area (Å²) in [6.07, 6.45) is 10.0. The van der Waals surface area contributed by atoms with Crippen LogP contribution in [-0.2, 0) is 7.05 Å². The molecule has 6 heteroatoms. The number of nitrogen functional groups attached to an aromatic ring is 1. The van der Waals surface area contributed by atoms with Crippen molar-refractivity contribution < 1.29 is 4.74 Å². The van der Waals surface area contributed by atoms with Gasteiger partial charge in [0, 0.05) is 12.6 Å². The Balaban J connectivity index is 1.66. The molecule has 3 N–H and O–H groups in total. The minimum Gasteiger partial charge on any atom is -0.497 e. The lowest BCUT2D eigenvalue weighted by atomic mass is 9.68. The fourth-order valence-corrected chi connectivity index (χ4v) is 5.26. The van der Waals surface area contributed by atoms with Crippen LogP contribution in [0.2, 0.25) is 0 Å². The number of nitrogens with zero attached hydrogens (tertiary/aromatic N) is 3. The molecule has 0 atom stereocenters. The van der Waals surface area contributed by atoms with Gasteiger partial charge >= 0.3 is 0 Å². The Morgan fingerprint density at radius 3 is 2.53 bits per heavy atom. The first kappa shape index (κ1) is 19.1. The van der Waals surface area contributed by atoms with E-state index in [1.165, 1.54) is 30.5 Å². The van der Waals surface area contributed by atoms with Gasteiger partial charge in [0.25, 0.3) is 0 Å². The Kier molecular flexibility index (Phi) is 4.74. The molecule has 0 unspecified atom stereocenters. The van der Waals surface area contributed by atoms with Gasteiger partial charge in [-0.15, -0.1) is 0 Å². The van der Waals surface area contributed by atoms with Crippen LogP contribution in [0.4, 0.5) is 5.82 Å². The van der Waals surface area contributed by atoms with Crippen LogP contribution in [0.5, 0.6) is 5.75 Å². The normalized spacial score (nSPS) is 18.5. The van der Waals surface area contributed by atoms with Crippen molar-refractivity contribution in [2.24, 2.45) is 12.5 Å². The zero-order valence-corrected chi connectivity index (χ0v) is 17.7. The lowest BCUT2D eigenvalue weighted by Crippen LogP contribution is -2.37. The highest BCUT2D eigenvalue weighted by Gasteiger charge is 2.35. The van der Waals surface area contributed by atoms with E-state index in [9.17, 15) is 0 Å². The molecule has 5 rings (SSSR count). The zero-order chi connectivity index (χ0) is 20.7. The van der Waals surface area contributed by atoms with Crippen LogP contribution in [0, 0.1) is 5.41 Å². The fourth-order valence-electron chi connectivity index (χ4n) is 5.26. The summed E-state index contributed by atoms with van der Waals surface area (Å²) in [6.45, 7) is 2.28. The Bertz CT molecular complexity index is 1110. The van der Waals surface area contributed by atoms with Crippen LogP contribution in [0.25, 0.3) is 27.7 Å². The van der Waals surface area contributed by atoms with Crippen molar-refractivity contribution >= 4 is 22.4 Å².